The van der Waals surface area contributed by atoms with E-state index in [1.54, 1.807) is 0 Å². The summed E-state index contributed by atoms with van der Waals surface area (Å²) >= 11 is 0. The van der Waals surface area contributed by atoms with E-state index in [-0.39, 0.29) is 11.5 Å². The Bertz CT molecular complexity index is 652. The van der Waals surface area contributed by atoms with Gasteiger partial charge >= 0.3 is 6.18 Å². The number of rotatable bonds is 2. The first-order chi connectivity index (χ1) is 9.98. The van der Waals surface area contributed by atoms with E-state index in [1.165, 1.54) is 11.8 Å². The Morgan fingerprint density at radius 1 is 1.19 bits per heavy atom. The van der Waals surface area contributed by atoms with Crippen LogP contribution in [0.5, 0.6) is 0 Å². The predicted molar refractivity (Wildman–Crippen MR) is 73.7 cm³/mol. The van der Waals surface area contributed by atoms with Gasteiger partial charge < -0.3 is 5.73 Å². The first kappa shape index (κ1) is 14.1. The van der Waals surface area contributed by atoms with Crippen LogP contribution >= 0.6 is 0 Å². The van der Waals surface area contributed by atoms with Crippen LogP contribution in [0.15, 0.2) is 42.7 Å². The highest BCUT2D eigenvalue weighted by atomic mass is 19.4. The van der Waals surface area contributed by atoms with Gasteiger partial charge in [-0.3, -0.25) is 4.98 Å². The summed E-state index contributed by atoms with van der Waals surface area (Å²) in [5.41, 5.74) is 7.80. The maximum Gasteiger partial charge on any atom is 0.416 e. The quantitative estimate of drug-likeness (QED) is 0.913. The normalized spacial score (nSPS) is 19.3. The SMILES string of the molecule is NC(c1cnccc1C(F)(F)F)C1CCc2ccccc21. The minimum absolute atomic E-state index is 0.0757. The van der Waals surface area contributed by atoms with Crippen molar-refractivity contribution in [2.75, 3.05) is 0 Å². The van der Waals surface area contributed by atoms with Crippen LogP contribution < -0.4 is 5.73 Å². The largest absolute Gasteiger partial charge is 0.416 e. The fourth-order valence-corrected chi connectivity index (χ4v) is 3.11. The lowest BCUT2D eigenvalue weighted by Crippen LogP contribution is -2.22. The molecule has 3 rings (SSSR count). The smallest absolute Gasteiger partial charge is 0.323 e. The zero-order valence-electron chi connectivity index (χ0n) is 11.3. The van der Waals surface area contributed by atoms with Crippen LogP contribution in [0.3, 0.4) is 0 Å². The van der Waals surface area contributed by atoms with Crippen molar-refractivity contribution in [2.24, 2.45) is 5.73 Å². The summed E-state index contributed by atoms with van der Waals surface area (Å²) in [7, 11) is 0. The van der Waals surface area contributed by atoms with Gasteiger partial charge in [-0.25, -0.2) is 0 Å². The molecule has 1 heterocycles. The van der Waals surface area contributed by atoms with Crippen molar-refractivity contribution < 1.29 is 13.2 Å². The Balaban J connectivity index is 2.00. The van der Waals surface area contributed by atoms with Crippen LogP contribution in [0.4, 0.5) is 13.2 Å². The van der Waals surface area contributed by atoms with Crippen molar-refractivity contribution in [2.45, 2.75) is 31.0 Å². The number of alkyl halides is 3. The molecule has 0 spiro atoms. The lowest BCUT2D eigenvalue weighted by Gasteiger charge is -2.23. The molecule has 110 valence electrons. The number of aryl methyl sites for hydroxylation is 1. The van der Waals surface area contributed by atoms with Crippen molar-refractivity contribution in [3.8, 4) is 0 Å². The highest BCUT2D eigenvalue weighted by Gasteiger charge is 2.37. The zero-order chi connectivity index (χ0) is 15.0. The third-order valence-corrected chi connectivity index (χ3v) is 4.13. The highest BCUT2D eigenvalue weighted by Crippen LogP contribution is 2.43. The lowest BCUT2D eigenvalue weighted by molar-refractivity contribution is -0.138. The average molecular weight is 292 g/mol. The second-order valence-corrected chi connectivity index (χ2v) is 5.33. The predicted octanol–water partition coefficient (Wildman–Crippen LogP) is 3.83. The van der Waals surface area contributed by atoms with Gasteiger partial charge in [-0.1, -0.05) is 24.3 Å². The Labute approximate surface area is 120 Å². The number of fused-ring (bicyclic) bond motifs is 1. The fraction of sp³-hybridized carbons (Fsp3) is 0.312. The first-order valence-corrected chi connectivity index (χ1v) is 6.83. The number of hydrogen-bond donors (Lipinski definition) is 1. The number of benzene rings is 1. The third-order valence-electron chi connectivity index (χ3n) is 4.13. The molecular weight excluding hydrogens is 277 g/mol. The van der Waals surface area contributed by atoms with Gasteiger partial charge in [0.15, 0.2) is 0 Å². The summed E-state index contributed by atoms with van der Waals surface area (Å²) in [6.45, 7) is 0. The molecule has 2 nitrogen and oxygen atoms in total. The summed E-state index contributed by atoms with van der Waals surface area (Å²) in [5.74, 6) is -0.0912. The van der Waals surface area contributed by atoms with Gasteiger partial charge in [0.2, 0.25) is 0 Å². The van der Waals surface area contributed by atoms with E-state index in [2.05, 4.69) is 4.98 Å². The Morgan fingerprint density at radius 2 is 1.95 bits per heavy atom. The number of nitrogens with zero attached hydrogens (tertiary/aromatic N) is 1. The molecule has 1 aliphatic carbocycles. The standard InChI is InChI=1S/C16H15F3N2/c17-16(18,19)14-7-8-21-9-13(14)15(20)12-6-5-10-3-1-2-4-11(10)12/h1-4,7-9,12,15H,5-6,20H2. The fourth-order valence-electron chi connectivity index (χ4n) is 3.11. The molecule has 1 aromatic heterocycles. The maximum absolute atomic E-state index is 13.1. The molecule has 0 amide bonds. The van der Waals surface area contributed by atoms with Gasteiger partial charge in [-0.15, -0.1) is 0 Å². The Morgan fingerprint density at radius 3 is 2.71 bits per heavy atom. The van der Waals surface area contributed by atoms with E-state index in [0.29, 0.717) is 0 Å². The minimum Gasteiger partial charge on any atom is -0.323 e. The van der Waals surface area contributed by atoms with E-state index >= 15 is 0 Å². The summed E-state index contributed by atoms with van der Waals surface area (Å²) in [5, 5.41) is 0. The van der Waals surface area contributed by atoms with Crippen LogP contribution in [-0.4, -0.2) is 4.98 Å². The average Bonchev–Trinajstić information content (AvgIpc) is 2.89. The van der Waals surface area contributed by atoms with Gasteiger partial charge in [0, 0.05) is 24.4 Å². The number of aromatic nitrogens is 1. The van der Waals surface area contributed by atoms with Crippen molar-refractivity contribution in [1.82, 2.24) is 4.98 Å². The van der Waals surface area contributed by atoms with Crippen molar-refractivity contribution in [1.29, 1.82) is 0 Å². The van der Waals surface area contributed by atoms with Gasteiger partial charge in [0.25, 0.3) is 0 Å². The first-order valence-electron chi connectivity index (χ1n) is 6.83. The number of nitrogens with two attached hydrogens (primary N) is 1. The van der Waals surface area contributed by atoms with Crippen LogP contribution in [0.1, 0.15) is 40.6 Å². The monoisotopic (exact) mass is 292 g/mol. The molecule has 1 aromatic carbocycles. The topological polar surface area (TPSA) is 38.9 Å². The molecule has 21 heavy (non-hydrogen) atoms. The van der Waals surface area contributed by atoms with Crippen LogP contribution in [-0.2, 0) is 12.6 Å². The number of pyridine rings is 1. The number of halogens is 3. The van der Waals surface area contributed by atoms with E-state index in [4.69, 9.17) is 5.73 Å². The summed E-state index contributed by atoms with van der Waals surface area (Å²) < 4.78 is 39.3. The Kier molecular flexibility index (Phi) is 3.45. The number of hydrogen-bond acceptors (Lipinski definition) is 2. The van der Waals surface area contributed by atoms with Crippen molar-refractivity contribution in [3.63, 3.8) is 0 Å². The van der Waals surface area contributed by atoms with Crippen molar-refractivity contribution in [3.05, 3.63) is 65.0 Å². The molecular formula is C16H15F3N2. The molecule has 0 aliphatic heterocycles. The molecule has 1 aliphatic rings. The second kappa shape index (κ2) is 5.15. The molecule has 2 unspecified atom stereocenters. The van der Waals surface area contributed by atoms with E-state index < -0.39 is 17.8 Å². The minimum atomic E-state index is -4.41. The van der Waals surface area contributed by atoms with E-state index in [1.807, 2.05) is 24.3 Å². The van der Waals surface area contributed by atoms with Gasteiger partial charge in [0.05, 0.1) is 5.56 Å². The zero-order valence-corrected chi connectivity index (χ0v) is 11.3. The van der Waals surface area contributed by atoms with Crippen LogP contribution in [0.25, 0.3) is 0 Å². The maximum atomic E-state index is 13.1. The molecule has 0 saturated heterocycles. The van der Waals surface area contributed by atoms with Gasteiger partial charge in [0.1, 0.15) is 0 Å². The molecule has 0 bridgehead atoms. The molecule has 5 heteroatoms. The van der Waals surface area contributed by atoms with Gasteiger partial charge in [-0.2, -0.15) is 13.2 Å². The molecule has 2 N–H and O–H groups in total. The summed E-state index contributed by atoms with van der Waals surface area (Å²) in [6.07, 6.45) is -0.382. The van der Waals surface area contributed by atoms with Crippen molar-refractivity contribution >= 4 is 0 Å². The summed E-state index contributed by atoms with van der Waals surface area (Å²) in [6, 6.07) is 8.11. The van der Waals surface area contributed by atoms with E-state index in [0.717, 1.165) is 30.7 Å². The summed E-state index contributed by atoms with van der Waals surface area (Å²) in [4.78, 5) is 3.83. The Hall–Kier alpha value is -1.88. The van der Waals surface area contributed by atoms with Crippen LogP contribution in [0, 0.1) is 0 Å². The van der Waals surface area contributed by atoms with Crippen LogP contribution in [0.2, 0.25) is 0 Å². The highest BCUT2D eigenvalue weighted by molar-refractivity contribution is 5.39. The third kappa shape index (κ3) is 2.53. The molecule has 0 saturated carbocycles. The lowest BCUT2D eigenvalue weighted by atomic mass is 9.87. The molecule has 0 fully saturated rings. The molecule has 2 aromatic rings. The second-order valence-electron chi connectivity index (χ2n) is 5.33. The molecule has 0 radical (unpaired) electrons. The molecule has 2 atom stereocenters. The van der Waals surface area contributed by atoms with Gasteiger partial charge in [-0.05, 0) is 35.6 Å². The van der Waals surface area contributed by atoms with E-state index in [9.17, 15) is 13.2 Å².